The summed E-state index contributed by atoms with van der Waals surface area (Å²) in [5.74, 6) is 0.714. The van der Waals surface area contributed by atoms with Crippen molar-refractivity contribution in [2.24, 2.45) is 0 Å². The van der Waals surface area contributed by atoms with Crippen LogP contribution in [0.1, 0.15) is 27.0 Å². The molecule has 162 valence electrons. The van der Waals surface area contributed by atoms with E-state index in [2.05, 4.69) is 26.8 Å². The topological polar surface area (TPSA) is 122 Å². The lowest BCUT2D eigenvalue weighted by Crippen LogP contribution is -2.16. The molecule has 1 aliphatic rings. The predicted molar refractivity (Wildman–Crippen MR) is 122 cm³/mol. The average molecular weight is 438 g/mol. The van der Waals surface area contributed by atoms with Crippen LogP contribution < -0.4 is 15.4 Å². The van der Waals surface area contributed by atoms with Crippen LogP contribution in [0.3, 0.4) is 0 Å². The van der Waals surface area contributed by atoms with Crippen molar-refractivity contribution >= 4 is 34.2 Å². The molecule has 9 nitrogen and oxygen atoms in total. The maximum absolute atomic E-state index is 13.0. The van der Waals surface area contributed by atoms with Gasteiger partial charge in [-0.25, -0.2) is 4.98 Å². The SMILES string of the molecule is COc1cccc2c(C)cc(-n3ncc(C#N)c3NC(=O)c3ccc4c(c3)CC(=O)N4)nc12. The summed E-state index contributed by atoms with van der Waals surface area (Å²) in [7, 11) is 1.57. The number of nitrogens with one attached hydrogen (secondary N) is 2. The van der Waals surface area contributed by atoms with E-state index in [0.717, 1.165) is 16.5 Å². The van der Waals surface area contributed by atoms with Gasteiger partial charge in [0, 0.05) is 16.6 Å². The van der Waals surface area contributed by atoms with Gasteiger partial charge in [-0.2, -0.15) is 15.0 Å². The number of fused-ring (bicyclic) bond motifs is 2. The van der Waals surface area contributed by atoms with Crippen molar-refractivity contribution in [3.63, 3.8) is 0 Å². The molecule has 2 aromatic carbocycles. The Labute approximate surface area is 188 Å². The number of hydrogen-bond donors (Lipinski definition) is 2. The summed E-state index contributed by atoms with van der Waals surface area (Å²) in [5, 5.41) is 20.3. The zero-order chi connectivity index (χ0) is 23.1. The number of methoxy groups -OCH3 is 1. The molecular formula is C24H18N6O3. The number of para-hydroxylation sites is 1. The fraction of sp³-hybridized carbons (Fsp3) is 0.125. The smallest absolute Gasteiger partial charge is 0.256 e. The first-order valence-corrected chi connectivity index (χ1v) is 10.2. The van der Waals surface area contributed by atoms with E-state index >= 15 is 0 Å². The van der Waals surface area contributed by atoms with Gasteiger partial charge in [0.25, 0.3) is 5.91 Å². The number of aromatic nitrogens is 3. The summed E-state index contributed by atoms with van der Waals surface area (Å²) < 4.78 is 6.88. The Morgan fingerprint density at radius 1 is 1.27 bits per heavy atom. The highest BCUT2D eigenvalue weighted by atomic mass is 16.5. The number of pyridine rings is 1. The monoisotopic (exact) mass is 438 g/mol. The standard InChI is InChI=1S/C24H18N6O3/c1-13-8-20(28-22-17(13)4-3-5-19(22)33-2)30-23(16(11-25)12-26-30)29-24(32)14-6-7-18-15(9-14)10-21(31)27-18/h3-9,12H,10H2,1-2H3,(H,27,31)(H,29,32). The lowest BCUT2D eigenvalue weighted by Gasteiger charge is -2.13. The molecule has 0 bridgehead atoms. The number of aryl methyl sites for hydroxylation is 1. The number of anilines is 2. The summed E-state index contributed by atoms with van der Waals surface area (Å²) in [6.45, 7) is 1.94. The zero-order valence-electron chi connectivity index (χ0n) is 17.8. The van der Waals surface area contributed by atoms with Crippen LogP contribution in [0.15, 0.2) is 48.7 Å². The Hall–Kier alpha value is -4.71. The van der Waals surface area contributed by atoms with Crippen LogP contribution in [0.2, 0.25) is 0 Å². The fourth-order valence-corrected chi connectivity index (χ4v) is 3.92. The van der Waals surface area contributed by atoms with Crippen LogP contribution in [0.25, 0.3) is 16.7 Å². The van der Waals surface area contributed by atoms with E-state index in [1.54, 1.807) is 25.3 Å². The molecule has 9 heteroatoms. The van der Waals surface area contributed by atoms with Crippen LogP contribution in [0.4, 0.5) is 11.5 Å². The maximum Gasteiger partial charge on any atom is 0.256 e. The van der Waals surface area contributed by atoms with Gasteiger partial charge >= 0.3 is 0 Å². The largest absolute Gasteiger partial charge is 0.494 e. The van der Waals surface area contributed by atoms with E-state index in [1.807, 2.05) is 31.2 Å². The first-order valence-electron chi connectivity index (χ1n) is 10.2. The third-order valence-electron chi connectivity index (χ3n) is 5.55. The van der Waals surface area contributed by atoms with E-state index in [9.17, 15) is 14.9 Å². The van der Waals surface area contributed by atoms with Gasteiger partial charge in [-0.05, 0) is 48.4 Å². The molecule has 2 aromatic heterocycles. The Kier molecular flexibility index (Phi) is 4.75. The van der Waals surface area contributed by atoms with Crippen molar-refractivity contribution in [1.29, 1.82) is 5.26 Å². The van der Waals surface area contributed by atoms with Gasteiger partial charge in [-0.15, -0.1) is 0 Å². The second-order valence-electron chi connectivity index (χ2n) is 7.64. The van der Waals surface area contributed by atoms with Crippen LogP contribution in [-0.2, 0) is 11.2 Å². The van der Waals surface area contributed by atoms with Crippen molar-refractivity contribution in [2.75, 3.05) is 17.7 Å². The van der Waals surface area contributed by atoms with Gasteiger partial charge < -0.3 is 15.4 Å². The molecule has 3 heterocycles. The summed E-state index contributed by atoms with van der Waals surface area (Å²) in [6, 6.07) is 14.5. The first kappa shape index (κ1) is 20.2. The molecule has 0 unspecified atom stereocenters. The van der Waals surface area contributed by atoms with E-state index in [4.69, 9.17) is 4.74 Å². The first-order chi connectivity index (χ1) is 16.0. The van der Waals surface area contributed by atoms with Crippen molar-refractivity contribution in [1.82, 2.24) is 14.8 Å². The van der Waals surface area contributed by atoms with Gasteiger partial charge in [-0.1, -0.05) is 12.1 Å². The fourth-order valence-electron chi connectivity index (χ4n) is 3.92. The van der Waals surface area contributed by atoms with E-state index in [0.29, 0.717) is 28.3 Å². The zero-order valence-corrected chi connectivity index (χ0v) is 17.8. The Balaban J connectivity index is 1.56. The normalized spacial score (nSPS) is 12.2. The molecule has 33 heavy (non-hydrogen) atoms. The summed E-state index contributed by atoms with van der Waals surface area (Å²) in [5.41, 5.74) is 3.60. The molecule has 0 atom stereocenters. The third kappa shape index (κ3) is 3.43. The minimum absolute atomic E-state index is 0.111. The van der Waals surface area contributed by atoms with Crippen molar-refractivity contribution < 1.29 is 14.3 Å². The molecule has 2 N–H and O–H groups in total. The van der Waals surface area contributed by atoms with Crippen molar-refractivity contribution in [2.45, 2.75) is 13.3 Å². The number of rotatable bonds is 4. The molecule has 0 aliphatic carbocycles. The molecular weight excluding hydrogens is 420 g/mol. The van der Waals surface area contributed by atoms with E-state index in [-0.39, 0.29) is 23.7 Å². The number of carbonyl (C=O) groups excluding carboxylic acids is 2. The number of ether oxygens (including phenoxy) is 1. The summed E-state index contributed by atoms with van der Waals surface area (Å²) >= 11 is 0. The lowest BCUT2D eigenvalue weighted by atomic mass is 10.1. The molecule has 2 amide bonds. The Morgan fingerprint density at radius 3 is 2.91 bits per heavy atom. The molecule has 0 saturated carbocycles. The number of nitrogens with zero attached hydrogens (tertiary/aromatic N) is 4. The van der Waals surface area contributed by atoms with Gasteiger partial charge in [0.15, 0.2) is 11.6 Å². The van der Waals surface area contributed by atoms with Gasteiger partial charge in [-0.3, -0.25) is 9.59 Å². The summed E-state index contributed by atoms with van der Waals surface area (Å²) in [6.07, 6.45) is 1.60. The number of carbonyl (C=O) groups is 2. The predicted octanol–water partition coefficient (Wildman–Crippen LogP) is 3.36. The van der Waals surface area contributed by atoms with Crippen molar-refractivity contribution in [3.05, 3.63) is 70.9 Å². The van der Waals surface area contributed by atoms with Crippen molar-refractivity contribution in [3.8, 4) is 17.6 Å². The van der Waals surface area contributed by atoms with Gasteiger partial charge in [0.1, 0.15) is 22.9 Å². The minimum Gasteiger partial charge on any atom is -0.494 e. The van der Waals surface area contributed by atoms with Crippen LogP contribution in [0, 0.1) is 18.3 Å². The number of nitriles is 1. The Bertz CT molecular complexity index is 1500. The van der Waals surface area contributed by atoms with Gasteiger partial charge in [0.05, 0.1) is 19.7 Å². The van der Waals surface area contributed by atoms with E-state index in [1.165, 1.54) is 10.9 Å². The second-order valence-corrected chi connectivity index (χ2v) is 7.64. The maximum atomic E-state index is 13.0. The molecule has 5 rings (SSSR count). The average Bonchev–Trinajstić information content (AvgIpc) is 3.39. The second kappa shape index (κ2) is 7.76. The number of amides is 2. The summed E-state index contributed by atoms with van der Waals surface area (Å²) in [4.78, 5) is 29.3. The quantitative estimate of drug-likeness (QED) is 0.504. The highest BCUT2D eigenvalue weighted by Gasteiger charge is 2.22. The number of hydrogen-bond acceptors (Lipinski definition) is 6. The highest BCUT2D eigenvalue weighted by molar-refractivity contribution is 6.06. The molecule has 4 aromatic rings. The van der Waals surface area contributed by atoms with E-state index < -0.39 is 5.91 Å². The highest BCUT2D eigenvalue weighted by Crippen LogP contribution is 2.29. The van der Waals surface area contributed by atoms with Crippen LogP contribution >= 0.6 is 0 Å². The molecule has 0 saturated heterocycles. The molecule has 1 aliphatic heterocycles. The molecule has 0 radical (unpaired) electrons. The number of benzene rings is 2. The lowest BCUT2D eigenvalue weighted by molar-refractivity contribution is -0.115. The van der Waals surface area contributed by atoms with Gasteiger partial charge in [0.2, 0.25) is 5.91 Å². The molecule has 0 fully saturated rings. The minimum atomic E-state index is -0.425. The third-order valence-corrected chi connectivity index (χ3v) is 5.55. The van der Waals surface area contributed by atoms with Crippen LogP contribution in [-0.4, -0.2) is 33.7 Å². The Morgan fingerprint density at radius 2 is 2.12 bits per heavy atom. The van der Waals surface area contributed by atoms with Crippen LogP contribution in [0.5, 0.6) is 5.75 Å². The molecule has 0 spiro atoms.